The first-order chi connectivity index (χ1) is 10.9. The molecule has 23 heavy (non-hydrogen) atoms. The van der Waals surface area contributed by atoms with Crippen LogP contribution in [-0.4, -0.2) is 47.2 Å². The number of aliphatic hydroxyl groups is 1. The summed E-state index contributed by atoms with van der Waals surface area (Å²) in [4.78, 5) is 14.6. The molecule has 0 bridgehead atoms. The van der Waals surface area contributed by atoms with Crippen LogP contribution in [0.2, 0.25) is 0 Å². The highest BCUT2D eigenvalue weighted by molar-refractivity contribution is 5.95. The molecular formula is C18H30N2O3. The zero-order valence-corrected chi connectivity index (χ0v) is 14.8. The Balaban J connectivity index is 1.83. The van der Waals surface area contributed by atoms with Crippen LogP contribution in [0.15, 0.2) is 10.5 Å². The molecule has 130 valence electrons. The molecule has 0 saturated carbocycles. The smallest absolute Gasteiger partial charge is 0.255 e. The Labute approximate surface area is 139 Å². The maximum absolute atomic E-state index is 12.3. The van der Waals surface area contributed by atoms with Gasteiger partial charge in [-0.3, -0.25) is 4.79 Å². The molecule has 0 spiro atoms. The molecule has 1 aliphatic rings. The van der Waals surface area contributed by atoms with E-state index in [-0.39, 0.29) is 11.9 Å². The third-order valence-electron chi connectivity index (χ3n) is 5.04. The minimum absolute atomic E-state index is 0.0450. The van der Waals surface area contributed by atoms with Crippen molar-refractivity contribution in [3.63, 3.8) is 0 Å². The summed E-state index contributed by atoms with van der Waals surface area (Å²) in [7, 11) is 0. The van der Waals surface area contributed by atoms with Crippen LogP contribution < -0.4 is 5.32 Å². The molecule has 0 unspecified atom stereocenters. The lowest BCUT2D eigenvalue weighted by Crippen LogP contribution is -2.49. The molecule has 5 nitrogen and oxygen atoms in total. The van der Waals surface area contributed by atoms with Gasteiger partial charge in [-0.1, -0.05) is 13.8 Å². The quantitative estimate of drug-likeness (QED) is 0.845. The van der Waals surface area contributed by atoms with E-state index in [9.17, 15) is 9.90 Å². The first-order valence-electron chi connectivity index (χ1n) is 8.69. The summed E-state index contributed by atoms with van der Waals surface area (Å²) in [5.41, 5.74) is 0.0536. The van der Waals surface area contributed by atoms with Crippen molar-refractivity contribution in [2.24, 2.45) is 0 Å². The van der Waals surface area contributed by atoms with E-state index in [0.717, 1.165) is 51.1 Å². The molecule has 5 heteroatoms. The molecule has 1 fully saturated rings. The van der Waals surface area contributed by atoms with Crippen molar-refractivity contribution in [3.8, 4) is 0 Å². The maximum atomic E-state index is 12.3. The molecule has 2 N–H and O–H groups in total. The fourth-order valence-electron chi connectivity index (χ4n) is 3.24. The molecule has 0 aromatic carbocycles. The number of rotatable bonds is 6. The van der Waals surface area contributed by atoms with E-state index in [1.54, 1.807) is 6.07 Å². The Morgan fingerprint density at radius 2 is 1.96 bits per heavy atom. The van der Waals surface area contributed by atoms with Gasteiger partial charge >= 0.3 is 0 Å². The number of nitrogens with zero attached hydrogens (tertiary/aromatic N) is 1. The number of β-amino-alcohol motifs (C(OH)–C–C–N with tert-alkyl or cyclic N) is 1. The van der Waals surface area contributed by atoms with Crippen LogP contribution >= 0.6 is 0 Å². The predicted octanol–water partition coefficient (Wildman–Crippen LogP) is 2.64. The summed E-state index contributed by atoms with van der Waals surface area (Å²) in [6, 6.07) is 1.99. The zero-order chi connectivity index (χ0) is 17.0. The van der Waals surface area contributed by atoms with Gasteiger partial charge in [-0.05, 0) is 45.6 Å². The van der Waals surface area contributed by atoms with Gasteiger partial charge in [-0.2, -0.15) is 0 Å². The van der Waals surface area contributed by atoms with Gasteiger partial charge in [0, 0.05) is 25.7 Å². The summed E-state index contributed by atoms with van der Waals surface area (Å²) in [6.45, 7) is 10.3. The highest BCUT2D eigenvalue weighted by Gasteiger charge is 2.29. The number of carbonyl (C=O) groups excluding carboxylic acids is 1. The molecule has 0 atom stereocenters. The van der Waals surface area contributed by atoms with Gasteiger partial charge in [0.15, 0.2) is 0 Å². The van der Waals surface area contributed by atoms with Crippen LogP contribution in [-0.2, 0) is 0 Å². The fraction of sp³-hybridized carbons (Fsp3) is 0.722. The van der Waals surface area contributed by atoms with Crippen molar-refractivity contribution < 1.29 is 14.3 Å². The monoisotopic (exact) mass is 322 g/mol. The Kier molecular flexibility index (Phi) is 5.87. The lowest BCUT2D eigenvalue weighted by Gasteiger charge is -2.37. The second-order valence-corrected chi connectivity index (χ2v) is 6.78. The predicted molar refractivity (Wildman–Crippen MR) is 90.6 cm³/mol. The molecular weight excluding hydrogens is 292 g/mol. The lowest BCUT2D eigenvalue weighted by atomic mass is 9.95. The van der Waals surface area contributed by atoms with E-state index in [4.69, 9.17) is 4.42 Å². The molecule has 2 heterocycles. The molecule has 1 aromatic heterocycles. The van der Waals surface area contributed by atoms with Crippen molar-refractivity contribution in [2.45, 2.75) is 65.0 Å². The van der Waals surface area contributed by atoms with Gasteiger partial charge in [0.2, 0.25) is 0 Å². The highest BCUT2D eigenvalue weighted by atomic mass is 16.3. The number of hydrogen-bond donors (Lipinski definition) is 2. The largest absolute Gasteiger partial charge is 0.466 e. The minimum atomic E-state index is -0.582. The second kappa shape index (κ2) is 7.49. The van der Waals surface area contributed by atoms with E-state index >= 15 is 0 Å². The van der Waals surface area contributed by atoms with Crippen molar-refractivity contribution in [2.75, 3.05) is 19.6 Å². The molecule has 1 aromatic rings. The van der Waals surface area contributed by atoms with Crippen LogP contribution in [0.25, 0.3) is 0 Å². The molecule has 0 aliphatic carbocycles. The van der Waals surface area contributed by atoms with Crippen molar-refractivity contribution in [1.29, 1.82) is 0 Å². The Hall–Kier alpha value is -1.33. The Morgan fingerprint density at radius 1 is 1.35 bits per heavy atom. The van der Waals surface area contributed by atoms with Gasteiger partial charge in [0.1, 0.15) is 11.5 Å². The van der Waals surface area contributed by atoms with E-state index in [1.807, 2.05) is 27.7 Å². The standard InChI is InChI=1S/C18H30N2O3/c1-5-18(22,6-2)12-20-9-7-15(8-10-20)19-17(21)16-11-13(3)23-14(16)4/h11,15,22H,5-10,12H2,1-4H3,(H,19,21). The lowest BCUT2D eigenvalue weighted by molar-refractivity contribution is -0.00974. The number of likely N-dealkylation sites (tertiary alicyclic amines) is 1. The van der Waals surface area contributed by atoms with Crippen molar-refractivity contribution in [3.05, 3.63) is 23.2 Å². The number of hydrogen-bond acceptors (Lipinski definition) is 4. The number of piperidine rings is 1. The van der Waals surface area contributed by atoms with Crippen LogP contribution in [0.1, 0.15) is 61.4 Å². The van der Waals surface area contributed by atoms with Gasteiger partial charge in [0.25, 0.3) is 5.91 Å². The van der Waals surface area contributed by atoms with Gasteiger partial charge in [-0.15, -0.1) is 0 Å². The molecule has 1 saturated heterocycles. The molecule has 0 radical (unpaired) electrons. The van der Waals surface area contributed by atoms with Gasteiger partial charge in [-0.25, -0.2) is 0 Å². The normalized spacial score (nSPS) is 17.4. The second-order valence-electron chi connectivity index (χ2n) is 6.78. The third-order valence-corrected chi connectivity index (χ3v) is 5.04. The highest BCUT2D eigenvalue weighted by Crippen LogP contribution is 2.20. The van der Waals surface area contributed by atoms with Gasteiger partial charge < -0.3 is 19.7 Å². The summed E-state index contributed by atoms with van der Waals surface area (Å²) in [6.07, 6.45) is 3.40. The van der Waals surface area contributed by atoms with Crippen LogP contribution in [0, 0.1) is 13.8 Å². The number of furan rings is 1. The molecule has 1 amide bonds. The van der Waals surface area contributed by atoms with Crippen LogP contribution in [0.4, 0.5) is 0 Å². The topological polar surface area (TPSA) is 65.7 Å². The Morgan fingerprint density at radius 3 is 2.43 bits per heavy atom. The average molecular weight is 322 g/mol. The van der Waals surface area contributed by atoms with E-state index < -0.39 is 5.60 Å². The van der Waals surface area contributed by atoms with Crippen molar-refractivity contribution >= 4 is 5.91 Å². The molecule has 1 aliphatic heterocycles. The Bertz CT molecular complexity index is 526. The van der Waals surface area contributed by atoms with Gasteiger partial charge in [0.05, 0.1) is 11.2 Å². The first kappa shape index (κ1) is 18.0. The number of carbonyl (C=O) groups is 1. The number of amides is 1. The summed E-state index contributed by atoms with van der Waals surface area (Å²) in [5, 5.41) is 13.6. The van der Waals surface area contributed by atoms with E-state index in [0.29, 0.717) is 11.3 Å². The summed E-state index contributed by atoms with van der Waals surface area (Å²) in [5.74, 6) is 1.39. The summed E-state index contributed by atoms with van der Waals surface area (Å²) >= 11 is 0. The van der Waals surface area contributed by atoms with E-state index in [2.05, 4.69) is 10.2 Å². The minimum Gasteiger partial charge on any atom is -0.466 e. The fourth-order valence-corrected chi connectivity index (χ4v) is 3.24. The van der Waals surface area contributed by atoms with E-state index in [1.165, 1.54) is 0 Å². The number of nitrogens with one attached hydrogen (secondary N) is 1. The summed E-state index contributed by atoms with van der Waals surface area (Å²) < 4.78 is 5.42. The maximum Gasteiger partial charge on any atom is 0.255 e. The van der Waals surface area contributed by atoms with Crippen LogP contribution in [0.3, 0.4) is 0 Å². The zero-order valence-electron chi connectivity index (χ0n) is 14.8. The van der Waals surface area contributed by atoms with Crippen molar-refractivity contribution in [1.82, 2.24) is 10.2 Å². The molecule has 2 rings (SSSR count). The number of aryl methyl sites for hydroxylation is 2. The third kappa shape index (κ3) is 4.58. The average Bonchev–Trinajstić information content (AvgIpc) is 2.88. The van der Waals surface area contributed by atoms with Crippen LogP contribution in [0.5, 0.6) is 0 Å². The SMILES string of the molecule is CCC(O)(CC)CN1CCC(NC(=O)c2cc(C)oc2C)CC1. The first-order valence-corrected chi connectivity index (χ1v) is 8.69.